The molecule has 26 heavy (non-hydrogen) atoms. The maximum absolute atomic E-state index is 13.1. The third kappa shape index (κ3) is 3.76. The van der Waals surface area contributed by atoms with Gasteiger partial charge < -0.3 is 9.64 Å². The summed E-state index contributed by atoms with van der Waals surface area (Å²) in [4.78, 5) is 13.8. The number of nitrogens with one attached hydrogen (secondary N) is 1. The number of rotatable bonds is 3. The van der Waals surface area contributed by atoms with Crippen LogP contribution in [0.1, 0.15) is 24.5 Å². The minimum absolute atomic E-state index is 0.0787. The molecule has 1 N–H and O–H groups in total. The molecule has 2 aromatic rings. The van der Waals surface area contributed by atoms with Crippen LogP contribution in [0.4, 0.5) is 35.0 Å². The van der Waals surface area contributed by atoms with Crippen molar-refractivity contribution in [3.05, 3.63) is 53.6 Å². The number of carbonyl (C=O) groups excluding carboxylic acids is 1. The van der Waals surface area contributed by atoms with E-state index in [4.69, 9.17) is 4.74 Å². The standard InChI is InChI=1S/C19H19F3N2O2/c1-2-26-18(25)23-15-12-14(19(20,21)22)9-10-17(15)24-11-5-7-13-6-3-4-8-16(13)24/h3-4,6,8-10,12H,2,5,7,11H2,1H3,(H,23,25). The van der Waals surface area contributed by atoms with Crippen LogP contribution in [0, 0.1) is 0 Å². The van der Waals surface area contributed by atoms with Gasteiger partial charge in [-0.1, -0.05) is 18.2 Å². The van der Waals surface area contributed by atoms with Crippen LogP contribution in [-0.4, -0.2) is 19.2 Å². The molecule has 0 radical (unpaired) electrons. The summed E-state index contributed by atoms with van der Waals surface area (Å²) in [7, 11) is 0. The predicted molar refractivity (Wildman–Crippen MR) is 93.9 cm³/mol. The van der Waals surface area contributed by atoms with Crippen molar-refractivity contribution in [1.82, 2.24) is 0 Å². The molecule has 2 aromatic carbocycles. The highest BCUT2D eigenvalue weighted by molar-refractivity contribution is 5.91. The van der Waals surface area contributed by atoms with Crippen molar-refractivity contribution in [2.45, 2.75) is 25.9 Å². The number of para-hydroxylation sites is 1. The number of hydrogen-bond donors (Lipinski definition) is 1. The second kappa shape index (κ2) is 7.27. The maximum Gasteiger partial charge on any atom is 0.416 e. The summed E-state index contributed by atoms with van der Waals surface area (Å²) >= 11 is 0. The molecule has 0 unspecified atom stereocenters. The first kappa shape index (κ1) is 18.1. The fraction of sp³-hybridized carbons (Fsp3) is 0.316. The Morgan fingerprint density at radius 1 is 1.19 bits per heavy atom. The van der Waals surface area contributed by atoms with E-state index in [0.29, 0.717) is 12.2 Å². The lowest BCUT2D eigenvalue weighted by atomic mass is 10.0. The highest BCUT2D eigenvalue weighted by Crippen LogP contribution is 2.40. The Kier molecular flexibility index (Phi) is 5.06. The number of carbonyl (C=O) groups is 1. The number of fused-ring (bicyclic) bond motifs is 1. The van der Waals surface area contributed by atoms with Crippen molar-refractivity contribution in [3.63, 3.8) is 0 Å². The van der Waals surface area contributed by atoms with E-state index in [1.165, 1.54) is 6.07 Å². The first-order valence-corrected chi connectivity index (χ1v) is 8.40. The quantitative estimate of drug-likeness (QED) is 0.797. The summed E-state index contributed by atoms with van der Waals surface area (Å²) in [5.74, 6) is 0. The highest BCUT2D eigenvalue weighted by atomic mass is 19.4. The summed E-state index contributed by atoms with van der Waals surface area (Å²) in [5.41, 5.74) is 1.83. The number of ether oxygens (including phenoxy) is 1. The predicted octanol–water partition coefficient (Wildman–Crippen LogP) is 5.36. The largest absolute Gasteiger partial charge is 0.450 e. The zero-order valence-electron chi connectivity index (χ0n) is 14.3. The summed E-state index contributed by atoms with van der Waals surface area (Å²) in [6.07, 6.45) is -3.49. The number of halogens is 3. The third-order valence-corrected chi connectivity index (χ3v) is 4.24. The zero-order chi connectivity index (χ0) is 18.7. The smallest absolute Gasteiger partial charge is 0.416 e. The van der Waals surface area contributed by atoms with E-state index in [0.717, 1.165) is 36.2 Å². The maximum atomic E-state index is 13.1. The van der Waals surface area contributed by atoms with Crippen LogP contribution in [0.3, 0.4) is 0 Å². The molecule has 0 spiro atoms. The number of nitrogens with zero attached hydrogens (tertiary/aromatic N) is 1. The molecule has 1 amide bonds. The van der Waals surface area contributed by atoms with E-state index in [2.05, 4.69) is 5.32 Å². The molecule has 3 rings (SSSR count). The van der Waals surface area contributed by atoms with Gasteiger partial charge in [0.25, 0.3) is 0 Å². The average molecular weight is 364 g/mol. The van der Waals surface area contributed by atoms with Crippen molar-refractivity contribution < 1.29 is 22.7 Å². The van der Waals surface area contributed by atoms with Crippen molar-refractivity contribution >= 4 is 23.2 Å². The first-order chi connectivity index (χ1) is 12.4. The van der Waals surface area contributed by atoms with E-state index in [1.54, 1.807) is 6.92 Å². The molecule has 0 atom stereocenters. The number of hydrogen-bond acceptors (Lipinski definition) is 3. The molecule has 7 heteroatoms. The minimum atomic E-state index is -4.50. The Hall–Kier alpha value is -2.70. The molecule has 1 aliphatic rings. The molecule has 0 bridgehead atoms. The van der Waals surface area contributed by atoms with E-state index in [-0.39, 0.29) is 12.3 Å². The Balaban J connectivity index is 2.05. The van der Waals surface area contributed by atoms with Gasteiger partial charge in [-0.15, -0.1) is 0 Å². The highest BCUT2D eigenvalue weighted by Gasteiger charge is 2.32. The fourth-order valence-corrected chi connectivity index (χ4v) is 3.11. The molecular weight excluding hydrogens is 345 g/mol. The van der Waals surface area contributed by atoms with Crippen molar-refractivity contribution in [2.24, 2.45) is 0 Å². The molecule has 0 aromatic heterocycles. The molecule has 0 saturated carbocycles. The Morgan fingerprint density at radius 3 is 2.69 bits per heavy atom. The summed E-state index contributed by atoms with van der Waals surface area (Å²) in [5, 5.41) is 2.45. The summed E-state index contributed by atoms with van der Waals surface area (Å²) in [6, 6.07) is 11.1. The molecular formula is C19H19F3N2O2. The number of alkyl halides is 3. The van der Waals surface area contributed by atoms with Gasteiger partial charge in [-0.25, -0.2) is 4.79 Å². The zero-order valence-corrected chi connectivity index (χ0v) is 14.3. The summed E-state index contributed by atoms with van der Waals surface area (Å²) < 4.78 is 44.2. The lowest BCUT2D eigenvalue weighted by Gasteiger charge is -2.33. The fourth-order valence-electron chi connectivity index (χ4n) is 3.11. The van der Waals surface area contributed by atoms with Crippen LogP contribution in [-0.2, 0) is 17.3 Å². The van der Waals surface area contributed by atoms with Gasteiger partial charge in [0.2, 0.25) is 0 Å². The van der Waals surface area contributed by atoms with Crippen LogP contribution in [0.25, 0.3) is 0 Å². The lowest BCUT2D eigenvalue weighted by molar-refractivity contribution is -0.137. The Labute approximate surface area is 149 Å². The Morgan fingerprint density at radius 2 is 1.96 bits per heavy atom. The Bertz CT molecular complexity index is 806. The van der Waals surface area contributed by atoms with Crippen LogP contribution >= 0.6 is 0 Å². The first-order valence-electron chi connectivity index (χ1n) is 8.40. The second-order valence-corrected chi connectivity index (χ2v) is 5.96. The molecule has 0 saturated heterocycles. The molecule has 1 aliphatic heterocycles. The SMILES string of the molecule is CCOC(=O)Nc1cc(C(F)(F)F)ccc1N1CCCc2ccccc21. The van der Waals surface area contributed by atoms with Gasteiger partial charge >= 0.3 is 12.3 Å². The van der Waals surface area contributed by atoms with E-state index >= 15 is 0 Å². The number of amides is 1. The van der Waals surface area contributed by atoms with E-state index in [9.17, 15) is 18.0 Å². The third-order valence-electron chi connectivity index (χ3n) is 4.24. The van der Waals surface area contributed by atoms with Gasteiger partial charge in [0, 0.05) is 12.2 Å². The van der Waals surface area contributed by atoms with Gasteiger partial charge in [0.05, 0.1) is 23.5 Å². The van der Waals surface area contributed by atoms with Gasteiger partial charge in [-0.3, -0.25) is 5.32 Å². The molecule has 138 valence electrons. The topological polar surface area (TPSA) is 41.6 Å². The number of benzene rings is 2. The number of anilines is 3. The molecule has 4 nitrogen and oxygen atoms in total. The van der Waals surface area contributed by atoms with Crippen molar-refractivity contribution in [3.8, 4) is 0 Å². The van der Waals surface area contributed by atoms with Gasteiger partial charge in [0.15, 0.2) is 0 Å². The van der Waals surface area contributed by atoms with Crippen LogP contribution in [0.2, 0.25) is 0 Å². The normalized spacial score (nSPS) is 13.9. The van der Waals surface area contributed by atoms with Crippen LogP contribution in [0.5, 0.6) is 0 Å². The lowest BCUT2D eigenvalue weighted by Crippen LogP contribution is -2.26. The molecule has 0 fully saturated rings. The molecule has 1 heterocycles. The van der Waals surface area contributed by atoms with Crippen molar-refractivity contribution in [1.29, 1.82) is 0 Å². The van der Waals surface area contributed by atoms with Crippen LogP contribution in [0.15, 0.2) is 42.5 Å². The van der Waals surface area contributed by atoms with Gasteiger partial charge in [0.1, 0.15) is 0 Å². The second-order valence-electron chi connectivity index (χ2n) is 5.96. The van der Waals surface area contributed by atoms with E-state index < -0.39 is 17.8 Å². The molecule has 0 aliphatic carbocycles. The average Bonchev–Trinajstić information content (AvgIpc) is 2.61. The number of aryl methyl sites for hydroxylation is 1. The summed E-state index contributed by atoms with van der Waals surface area (Å²) in [6.45, 7) is 2.42. The van der Waals surface area contributed by atoms with Crippen LogP contribution < -0.4 is 10.2 Å². The van der Waals surface area contributed by atoms with Crippen molar-refractivity contribution in [2.75, 3.05) is 23.4 Å². The van der Waals surface area contributed by atoms with E-state index in [1.807, 2.05) is 29.2 Å². The monoisotopic (exact) mass is 364 g/mol. The minimum Gasteiger partial charge on any atom is -0.450 e. The van der Waals surface area contributed by atoms with Gasteiger partial charge in [-0.05, 0) is 49.6 Å². The van der Waals surface area contributed by atoms with Gasteiger partial charge in [-0.2, -0.15) is 13.2 Å².